The third-order valence-corrected chi connectivity index (χ3v) is 4.08. The number of nitrogens with one attached hydrogen (secondary N) is 2. The molecule has 0 bridgehead atoms. The van der Waals surface area contributed by atoms with Crippen LogP contribution in [0, 0.1) is 5.92 Å². The Kier molecular flexibility index (Phi) is 10.6. The van der Waals surface area contributed by atoms with Crippen LogP contribution in [-0.2, 0) is 9.53 Å². The first kappa shape index (κ1) is 21.5. The van der Waals surface area contributed by atoms with Crippen molar-refractivity contribution < 1.29 is 9.53 Å². The number of guanidine groups is 1. The minimum atomic E-state index is 0. The summed E-state index contributed by atoms with van der Waals surface area (Å²) in [6.45, 7) is 6.05. The molecule has 2 N–H and O–H groups in total. The van der Waals surface area contributed by atoms with E-state index in [4.69, 9.17) is 4.74 Å². The van der Waals surface area contributed by atoms with Crippen LogP contribution in [0.2, 0.25) is 0 Å². The fraction of sp³-hybridized carbons (Fsp3) is 0.882. The van der Waals surface area contributed by atoms with Crippen LogP contribution in [0.3, 0.4) is 0 Å². The highest BCUT2D eigenvalue weighted by Crippen LogP contribution is 2.28. The monoisotopic (exact) mass is 452 g/mol. The Morgan fingerprint density at radius 1 is 1.29 bits per heavy atom. The van der Waals surface area contributed by atoms with Gasteiger partial charge in [0.25, 0.3) is 0 Å². The van der Waals surface area contributed by atoms with Crippen LogP contribution in [0.1, 0.15) is 45.4 Å². The molecule has 7 heteroatoms. The number of ether oxygens (including phenoxy) is 1. The number of amides is 1. The van der Waals surface area contributed by atoms with Gasteiger partial charge in [0, 0.05) is 45.8 Å². The quantitative estimate of drug-likeness (QED) is 0.218. The van der Waals surface area contributed by atoms with Crippen LogP contribution < -0.4 is 10.6 Å². The van der Waals surface area contributed by atoms with Crippen LogP contribution in [0.4, 0.5) is 0 Å². The average Bonchev–Trinajstić information content (AvgIpc) is 3.41. The molecule has 2 aliphatic rings. The van der Waals surface area contributed by atoms with E-state index in [2.05, 4.69) is 27.4 Å². The smallest absolute Gasteiger partial charge is 0.220 e. The zero-order valence-corrected chi connectivity index (χ0v) is 17.4. The van der Waals surface area contributed by atoms with Gasteiger partial charge in [-0.1, -0.05) is 0 Å². The minimum Gasteiger partial charge on any atom is -0.379 e. The molecule has 0 unspecified atom stereocenters. The maximum absolute atomic E-state index is 11.6. The van der Waals surface area contributed by atoms with Gasteiger partial charge in [-0.25, -0.2) is 0 Å². The molecule has 140 valence electrons. The molecular weight excluding hydrogens is 419 g/mol. The molecule has 0 aromatic heterocycles. The molecule has 0 saturated heterocycles. The third kappa shape index (κ3) is 9.66. The van der Waals surface area contributed by atoms with Crippen molar-refractivity contribution >= 4 is 35.8 Å². The standard InChI is InChI=1S/C17H32N4O2.HI/c1-3-18-17(21(2)11-12-23-13-14-6-7-14)19-10-4-5-16(22)20-15-8-9-15;/h14-15H,3-13H2,1-2H3,(H,18,19)(H,20,22);1H. The van der Waals surface area contributed by atoms with E-state index in [0.717, 1.165) is 57.4 Å². The summed E-state index contributed by atoms with van der Waals surface area (Å²) in [5, 5.41) is 6.30. The Bertz CT molecular complexity index is 398. The molecule has 2 fully saturated rings. The summed E-state index contributed by atoms with van der Waals surface area (Å²) in [5.41, 5.74) is 0. The molecule has 0 radical (unpaired) electrons. The summed E-state index contributed by atoms with van der Waals surface area (Å²) in [6, 6.07) is 0.449. The summed E-state index contributed by atoms with van der Waals surface area (Å²) < 4.78 is 5.68. The Morgan fingerprint density at radius 3 is 2.67 bits per heavy atom. The normalized spacial score (nSPS) is 17.2. The zero-order chi connectivity index (χ0) is 16.5. The Hall–Kier alpha value is -0.570. The van der Waals surface area contributed by atoms with Gasteiger partial charge in [0.15, 0.2) is 5.96 Å². The maximum atomic E-state index is 11.6. The molecule has 2 aliphatic carbocycles. The summed E-state index contributed by atoms with van der Waals surface area (Å²) >= 11 is 0. The summed E-state index contributed by atoms with van der Waals surface area (Å²) in [5.74, 6) is 1.86. The lowest BCUT2D eigenvalue weighted by Crippen LogP contribution is -2.40. The SMILES string of the molecule is CCNC(=NCCCC(=O)NC1CC1)N(C)CCOCC1CC1.I. The van der Waals surface area contributed by atoms with E-state index in [-0.39, 0.29) is 29.9 Å². The Morgan fingerprint density at radius 2 is 2.04 bits per heavy atom. The number of rotatable bonds is 11. The first-order valence-corrected chi connectivity index (χ1v) is 9.05. The predicted octanol–water partition coefficient (Wildman–Crippen LogP) is 1.99. The van der Waals surface area contributed by atoms with Crippen molar-refractivity contribution in [2.75, 3.05) is 39.9 Å². The first-order valence-electron chi connectivity index (χ1n) is 9.05. The topological polar surface area (TPSA) is 66.0 Å². The van der Waals surface area contributed by atoms with Gasteiger partial charge in [-0.2, -0.15) is 0 Å². The largest absolute Gasteiger partial charge is 0.379 e. The number of hydrogen-bond acceptors (Lipinski definition) is 3. The van der Waals surface area contributed by atoms with Crippen molar-refractivity contribution in [1.82, 2.24) is 15.5 Å². The molecule has 0 atom stereocenters. The van der Waals surface area contributed by atoms with E-state index in [1.807, 2.05) is 7.05 Å². The zero-order valence-electron chi connectivity index (χ0n) is 15.1. The lowest BCUT2D eigenvalue weighted by molar-refractivity contribution is -0.121. The summed E-state index contributed by atoms with van der Waals surface area (Å²) in [4.78, 5) is 18.3. The predicted molar refractivity (Wildman–Crippen MR) is 108 cm³/mol. The highest BCUT2D eigenvalue weighted by atomic mass is 127. The van der Waals surface area contributed by atoms with Crippen molar-refractivity contribution in [1.29, 1.82) is 0 Å². The third-order valence-electron chi connectivity index (χ3n) is 4.08. The maximum Gasteiger partial charge on any atom is 0.220 e. The number of carbonyl (C=O) groups excluding carboxylic acids is 1. The molecule has 0 aliphatic heterocycles. The van der Waals surface area contributed by atoms with E-state index < -0.39 is 0 Å². The van der Waals surface area contributed by atoms with Gasteiger partial charge in [0.2, 0.25) is 5.91 Å². The van der Waals surface area contributed by atoms with Crippen LogP contribution in [-0.4, -0.2) is 62.7 Å². The number of halogens is 1. The molecule has 0 heterocycles. The van der Waals surface area contributed by atoms with Gasteiger partial charge in [0.1, 0.15) is 0 Å². The molecule has 0 aromatic carbocycles. The number of carbonyl (C=O) groups is 1. The van der Waals surface area contributed by atoms with E-state index in [1.54, 1.807) is 0 Å². The van der Waals surface area contributed by atoms with Crippen molar-refractivity contribution in [3.05, 3.63) is 0 Å². The lowest BCUT2D eigenvalue weighted by Gasteiger charge is -2.22. The highest BCUT2D eigenvalue weighted by Gasteiger charge is 2.22. The van der Waals surface area contributed by atoms with Crippen LogP contribution in [0.25, 0.3) is 0 Å². The number of nitrogens with zero attached hydrogens (tertiary/aromatic N) is 2. The van der Waals surface area contributed by atoms with E-state index in [9.17, 15) is 4.79 Å². The Labute approximate surface area is 163 Å². The van der Waals surface area contributed by atoms with Crippen molar-refractivity contribution in [3.63, 3.8) is 0 Å². The number of aliphatic imine (C=N–C) groups is 1. The fourth-order valence-corrected chi connectivity index (χ4v) is 2.26. The van der Waals surface area contributed by atoms with Crippen LogP contribution in [0.5, 0.6) is 0 Å². The Balaban J connectivity index is 0.00000288. The molecule has 2 saturated carbocycles. The van der Waals surface area contributed by atoms with Crippen LogP contribution in [0.15, 0.2) is 4.99 Å². The summed E-state index contributed by atoms with van der Waals surface area (Å²) in [6.07, 6.45) is 6.29. The highest BCUT2D eigenvalue weighted by molar-refractivity contribution is 14.0. The van der Waals surface area contributed by atoms with E-state index in [0.29, 0.717) is 19.0 Å². The van der Waals surface area contributed by atoms with Gasteiger partial charge in [-0.05, 0) is 44.9 Å². The molecule has 0 spiro atoms. The van der Waals surface area contributed by atoms with Gasteiger partial charge in [-0.15, -0.1) is 24.0 Å². The molecule has 24 heavy (non-hydrogen) atoms. The molecule has 1 amide bonds. The molecule has 2 rings (SSSR count). The molecule has 6 nitrogen and oxygen atoms in total. The first-order chi connectivity index (χ1) is 11.2. The van der Waals surface area contributed by atoms with Gasteiger partial charge >= 0.3 is 0 Å². The van der Waals surface area contributed by atoms with Gasteiger partial charge in [0.05, 0.1) is 6.61 Å². The fourth-order valence-electron chi connectivity index (χ4n) is 2.26. The second kappa shape index (κ2) is 11.9. The van der Waals surface area contributed by atoms with Gasteiger partial charge < -0.3 is 20.3 Å². The van der Waals surface area contributed by atoms with Crippen molar-refractivity contribution in [2.24, 2.45) is 10.9 Å². The van der Waals surface area contributed by atoms with E-state index >= 15 is 0 Å². The number of likely N-dealkylation sites (N-methyl/N-ethyl adjacent to an activating group) is 1. The second-order valence-electron chi connectivity index (χ2n) is 6.62. The van der Waals surface area contributed by atoms with Crippen molar-refractivity contribution in [3.8, 4) is 0 Å². The van der Waals surface area contributed by atoms with Gasteiger partial charge in [-0.3, -0.25) is 9.79 Å². The molecule has 0 aromatic rings. The molecular formula is C17H33IN4O2. The van der Waals surface area contributed by atoms with E-state index in [1.165, 1.54) is 12.8 Å². The second-order valence-corrected chi connectivity index (χ2v) is 6.62. The van der Waals surface area contributed by atoms with Crippen molar-refractivity contribution in [2.45, 2.75) is 51.5 Å². The average molecular weight is 452 g/mol. The van der Waals surface area contributed by atoms with Crippen LogP contribution >= 0.6 is 24.0 Å². The number of hydrogen-bond donors (Lipinski definition) is 2. The lowest BCUT2D eigenvalue weighted by atomic mass is 10.3. The summed E-state index contributed by atoms with van der Waals surface area (Å²) in [7, 11) is 2.03. The minimum absolute atomic E-state index is 0.